The van der Waals surface area contributed by atoms with Crippen LogP contribution in [0.5, 0.6) is 0 Å². The number of hydrogen-bond acceptors (Lipinski definition) is 5. The van der Waals surface area contributed by atoms with Crippen LogP contribution in [0.3, 0.4) is 0 Å². The fraction of sp³-hybridized carbons (Fsp3) is 0.706. The molecule has 1 aromatic heterocycles. The average molecular weight is 318 g/mol. The second-order valence-corrected chi connectivity index (χ2v) is 7.41. The molecule has 126 valence electrons. The third kappa shape index (κ3) is 3.17. The van der Waals surface area contributed by atoms with Gasteiger partial charge in [0.15, 0.2) is 5.82 Å². The first-order valence-corrected chi connectivity index (χ1v) is 8.41. The summed E-state index contributed by atoms with van der Waals surface area (Å²) in [5.74, 6) is 1.03. The number of amides is 1. The number of likely N-dealkylation sites (tertiary alicyclic amines) is 1. The van der Waals surface area contributed by atoms with Crippen molar-refractivity contribution in [1.29, 1.82) is 0 Å². The van der Waals surface area contributed by atoms with Crippen molar-refractivity contribution in [3.63, 3.8) is 0 Å². The summed E-state index contributed by atoms with van der Waals surface area (Å²) in [5.41, 5.74) is 0.651. The second-order valence-electron chi connectivity index (χ2n) is 7.41. The van der Waals surface area contributed by atoms with Crippen LogP contribution in [-0.4, -0.2) is 52.2 Å². The van der Waals surface area contributed by atoms with E-state index in [0.717, 1.165) is 31.6 Å². The summed E-state index contributed by atoms with van der Waals surface area (Å²) in [6, 6.07) is 0.604. The number of anilines is 1. The molecule has 23 heavy (non-hydrogen) atoms. The van der Waals surface area contributed by atoms with Crippen molar-refractivity contribution in [3.8, 4) is 0 Å². The van der Waals surface area contributed by atoms with E-state index in [1.165, 1.54) is 0 Å². The Morgan fingerprint density at radius 1 is 1.22 bits per heavy atom. The maximum Gasteiger partial charge on any atom is 0.416 e. The lowest BCUT2D eigenvalue weighted by Gasteiger charge is -2.34. The molecule has 1 aromatic rings. The molecule has 0 atom stereocenters. The maximum absolute atomic E-state index is 11.9. The van der Waals surface area contributed by atoms with Gasteiger partial charge < -0.3 is 9.64 Å². The molecule has 6 heteroatoms. The Labute approximate surface area is 137 Å². The van der Waals surface area contributed by atoms with Gasteiger partial charge in [-0.1, -0.05) is 0 Å². The molecule has 0 spiro atoms. The van der Waals surface area contributed by atoms with Gasteiger partial charge in [-0.05, 0) is 53.6 Å². The molecule has 1 amide bonds. The first-order chi connectivity index (χ1) is 10.9. The van der Waals surface area contributed by atoms with Gasteiger partial charge in [-0.2, -0.15) is 0 Å². The lowest BCUT2D eigenvalue weighted by Crippen LogP contribution is -2.42. The van der Waals surface area contributed by atoms with E-state index in [1.54, 1.807) is 11.1 Å². The number of rotatable bonds is 3. The highest BCUT2D eigenvalue weighted by atomic mass is 16.6. The fourth-order valence-corrected chi connectivity index (χ4v) is 3.39. The minimum Gasteiger partial charge on any atom is -0.447 e. The zero-order valence-corrected chi connectivity index (χ0v) is 14.5. The molecule has 0 aromatic carbocycles. The van der Waals surface area contributed by atoms with E-state index in [9.17, 15) is 4.79 Å². The Balaban J connectivity index is 1.70. The highest BCUT2D eigenvalue weighted by molar-refractivity contribution is 5.89. The lowest BCUT2D eigenvalue weighted by molar-refractivity contribution is 0.170. The van der Waals surface area contributed by atoms with E-state index in [4.69, 9.17) is 4.74 Å². The van der Waals surface area contributed by atoms with Gasteiger partial charge in [0.25, 0.3) is 0 Å². The van der Waals surface area contributed by atoms with Gasteiger partial charge in [-0.3, -0.25) is 9.88 Å². The monoisotopic (exact) mass is 318 g/mol. The van der Waals surface area contributed by atoms with Crippen LogP contribution in [0.15, 0.2) is 12.4 Å². The smallest absolute Gasteiger partial charge is 0.416 e. The minimum atomic E-state index is -0.379. The Morgan fingerprint density at radius 2 is 1.91 bits per heavy atom. The topological polar surface area (TPSA) is 58.6 Å². The number of aromatic nitrogens is 2. The number of nitrogens with zero attached hydrogens (tertiary/aromatic N) is 4. The SMILES string of the molecule is CC(C)N1CCC(c2cnc(N3C(=O)OCC3(C)C)cn2)CC1. The van der Waals surface area contributed by atoms with Crippen molar-refractivity contribution in [2.24, 2.45) is 0 Å². The number of cyclic esters (lactones) is 1. The van der Waals surface area contributed by atoms with Crippen LogP contribution in [0.1, 0.15) is 52.1 Å². The van der Waals surface area contributed by atoms with Gasteiger partial charge in [0.05, 0.1) is 23.6 Å². The number of piperidine rings is 1. The summed E-state index contributed by atoms with van der Waals surface area (Å²) >= 11 is 0. The van der Waals surface area contributed by atoms with Crippen molar-refractivity contribution in [2.45, 2.75) is 58.0 Å². The van der Waals surface area contributed by atoms with E-state index >= 15 is 0 Å². The molecule has 0 saturated carbocycles. The summed E-state index contributed by atoms with van der Waals surface area (Å²) in [4.78, 5) is 25.1. The minimum absolute atomic E-state index is 0.345. The molecule has 3 heterocycles. The molecule has 6 nitrogen and oxygen atoms in total. The molecule has 2 saturated heterocycles. The van der Waals surface area contributed by atoms with Gasteiger partial charge in [0.2, 0.25) is 0 Å². The van der Waals surface area contributed by atoms with Crippen LogP contribution in [0.25, 0.3) is 0 Å². The average Bonchev–Trinajstić information content (AvgIpc) is 2.81. The van der Waals surface area contributed by atoms with Crippen molar-refractivity contribution >= 4 is 11.9 Å². The quantitative estimate of drug-likeness (QED) is 0.857. The Morgan fingerprint density at radius 3 is 2.39 bits per heavy atom. The summed E-state index contributed by atoms with van der Waals surface area (Å²) in [6.45, 7) is 11.0. The molecule has 2 fully saturated rings. The van der Waals surface area contributed by atoms with E-state index in [2.05, 4.69) is 28.7 Å². The van der Waals surface area contributed by atoms with E-state index in [0.29, 0.717) is 24.4 Å². The number of carbonyl (C=O) groups is 1. The molecule has 2 aliphatic rings. The lowest BCUT2D eigenvalue weighted by atomic mass is 9.93. The van der Waals surface area contributed by atoms with Crippen LogP contribution in [0.4, 0.5) is 10.6 Å². The van der Waals surface area contributed by atoms with E-state index < -0.39 is 0 Å². The van der Waals surface area contributed by atoms with Gasteiger partial charge in [0.1, 0.15) is 6.61 Å². The molecule has 0 radical (unpaired) electrons. The fourth-order valence-electron chi connectivity index (χ4n) is 3.39. The normalized spacial score (nSPS) is 22.7. The van der Waals surface area contributed by atoms with E-state index in [-0.39, 0.29) is 11.6 Å². The Bertz CT molecular complexity index is 562. The van der Waals surface area contributed by atoms with Gasteiger partial charge in [-0.25, -0.2) is 9.78 Å². The molecule has 0 aliphatic carbocycles. The zero-order chi connectivity index (χ0) is 16.6. The summed E-state index contributed by atoms with van der Waals surface area (Å²) in [5, 5.41) is 0. The van der Waals surface area contributed by atoms with Crippen molar-refractivity contribution in [3.05, 3.63) is 18.1 Å². The number of carbonyl (C=O) groups excluding carboxylic acids is 1. The van der Waals surface area contributed by atoms with Crippen LogP contribution < -0.4 is 4.90 Å². The van der Waals surface area contributed by atoms with Crippen LogP contribution in [0.2, 0.25) is 0 Å². The largest absolute Gasteiger partial charge is 0.447 e. The number of ether oxygens (including phenoxy) is 1. The summed E-state index contributed by atoms with van der Waals surface area (Å²) in [6.07, 6.45) is 5.42. The highest BCUT2D eigenvalue weighted by Gasteiger charge is 2.42. The standard InChI is InChI=1S/C17H26N4O2/c1-12(2)20-7-5-13(6-8-20)14-9-19-15(10-18-14)21-16(22)23-11-17(21,3)4/h9-10,12-13H,5-8,11H2,1-4H3. The van der Waals surface area contributed by atoms with E-state index in [1.807, 2.05) is 20.0 Å². The first-order valence-electron chi connectivity index (χ1n) is 8.41. The third-order valence-electron chi connectivity index (χ3n) is 4.90. The molecule has 2 aliphatic heterocycles. The Hall–Kier alpha value is -1.69. The van der Waals surface area contributed by atoms with Gasteiger partial charge in [-0.15, -0.1) is 0 Å². The molecular formula is C17H26N4O2. The highest BCUT2D eigenvalue weighted by Crippen LogP contribution is 2.31. The predicted octanol–water partition coefficient (Wildman–Crippen LogP) is 2.80. The third-order valence-corrected chi connectivity index (χ3v) is 4.90. The Kier molecular flexibility index (Phi) is 4.27. The summed E-state index contributed by atoms with van der Waals surface area (Å²) < 4.78 is 5.13. The summed E-state index contributed by atoms with van der Waals surface area (Å²) in [7, 11) is 0. The van der Waals surface area contributed by atoms with Crippen molar-refractivity contribution in [2.75, 3.05) is 24.6 Å². The molecule has 0 N–H and O–H groups in total. The van der Waals surface area contributed by atoms with Crippen LogP contribution in [-0.2, 0) is 4.74 Å². The zero-order valence-electron chi connectivity index (χ0n) is 14.5. The molecule has 3 rings (SSSR count). The number of hydrogen-bond donors (Lipinski definition) is 0. The second kappa shape index (κ2) is 6.07. The molecular weight excluding hydrogens is 292 g/mol. The van der Waals surface area contributed by atoms with Gasteiger partial charge in [0, 0.05) is 12.0 Å². The van der Waals surface area contributed by atoms with Crippen molar-refractivity contribution < 1.29 is 9.53 Å². The predicted molar refractivity (Wildman–Crippen MR) is 88.6 cm³/mol. The maximum atomic E-state index is 11.9. The van der Waals surface area contributed by atoms with Crippen LogP contribution >= 0.6 is 0 Å². The first kappa shape index (κ1) is 16.2. The van der Waals surface area contributed by atoms with Crippen molar-refractivity contribution in [1.82, 2.24) is 14.9 Å². The van der Waals surface area contributed by atoms with Crippen LogP contribution in [0, 0.1) is 0 Å². The molecule has 0 unspecified atom stereocenters. The molecule has 0 bridgehead atoms. The van der Waals surface area contributed by atoms with Gasteiger partial charge >= 0.3 is 6.09 Å².